The highest BCUT2D eigenvalue weighted by molar-refractivity contribution is 5.94. The smallest absolute Gasteiger partial charge is 0.409 e. The van der Waals surface area contributed by atoms with Crippen molar-refractivity contribution in [3.05, 3.63) is 53.2 Å². The van der Waals surface area contributed by atoms with Crippen LogP contribution in [-0.2, 0) is 4.74 Å². The zero-order chi connectivity index (χ0) is 20.8. The minimum atomic E-state index is -0.284. The number of pyridine rings is 1. The van der Waals surface area contributed by atoms with E-state index in [0.717, 1.165) is 5.69 Å². The molecule has 154 valence electrons. The van der Waals surface area contributed by atoms with E-state index in [1.807, 2.05) is 6.07 Å². The molecule has 2 N–H and O–H groups in total. The fourth-order valence-corrected chi connectivity index (χ4v) is 3.26. The number of rotatable bonds is 5. The Balaban J connectivity index is 1.51. The molecule has 0 bridgehead atoms. The summed E-state index contributed by atoms with van der Waals surface area (Å²) in [6.45, 7) is 7.48. The van der Waals surface area contributed by atoms with Gasteiger partial charge in [-0.15, -0.1) is 0 Å². The van der Waals surface area contributed by atoms with Gasteiger partial charge in [-0.3, -0.25) is 4.79 Å². The highest BCUT2D eigenvalue weighted by Gasteiger charge is 2.24. The van der Waals surface area contributed by atoms with Gasteiger partial charge in [-0.2, -0.15) is 0 Å². The summed E-state index contributed by atoms with van der Waals surface area (Å²) in [7, 11) is 0. The summed E-state index contributed by atoms with van der Waals surface area (Å²) in [6.07, 6.45) is 2.72. The Labute approximate surface area is 171 Å². The monoisotopic (exact) mass is 396 g/mol. The van der Waals surface area contributed by atoms with Gasteiger partial charge < -0.3 is 20.3 Å². The van der Waals surface area contributed by atoms with Gasteiger partial charge in [0.1, 0.15) is 5.82 Å². The van der Waals surface area contributed by atoms with Crippen LogP contribution in [-0.4, -0.2) is 47.6 Å². The maximum absolute atomic E-state index is 12.5. The first-order chi connectivity index (χ1) is 14.0. The number of aromatic nitrogens is 1. The molecule has 0 saturated carbocycles. The first-order valence-corrected chi connectivity index (χ1v) is 9.99. The lowest BCUT2D eigenvalue weighted by molar-refractivity contribution is 0.0860. The van der Waals surface area contributed by atoms with E-state index in [0.29, 0.717) is 43.9 Å². The Hall–Kier alpha value is -3.09. The third-order valence-corrected chi connectivity index (χ3v) is 5.16. The lowest BCUT2D eigenvalue weighted by Crippen LogP contribution is -2.46. The third-order valence-electron chi connectivity index (χ3n) is 5.16. The van der Waals surface area contributed by atoms with E-state index in [1.54, 1.807) is 30.2 Å². The van der Waals surface area contributed by atoms with Crippen LogP contribution in [0.3, 0.4) is 0 Å². The van der Waals surface area contributed by atoms with Gasteiger partial charge in [-0.25, -0.2) is 9.78 Å². The van der Waals surface area contributed by atoms with E-state index in [9.17, 15) is 9.59 Å². The molecule has 3 rings (SSSR count). The fourth-order valence-electron chi connectivity index (χ4n) is 3.26. The highest BCUT2D eigenvalue weighted by Crippen LogP contribution is 2.19. The number of anilines is 2. The van der Waals surface area contributed by atoms with Crippen molar-refractivity contribution in [3.8, 4) is 0 Å². The van der Waals surface area contributed by atoms with E-state index in [2.05, 4.69) is 41.6 Å². The molecule has 1 saturated heterocycles. The molecule has 1 aliphatic rings. The van der Waals surface area contributed by atoms with E-state index in [1.165, 1.54) is 11.1 Å². The minimum absolute atomic E-state index is 0.0431. The first kappa shape index (κ1) is 20.6. The predicted octanol–water partition coefficient (Wildman–Crippen LogP) is 3.79. The first-order valence-electron chi connectivity index (χ1n) is 9.99. The van der Waals surface area contributed by atoms with Gasteiger partial charge in [0.2, 0.25) is 0 Å². The van der Waals surface area contributed by atoms with Gasteiger partial charge in [0.25, 0.3) is 5.91 Å². The molecule has 1 aromatic carbocycles. The molecule has 2 aromatic rings. The number of ether oxygens (including phenoxy) is 1. The van der Waals surface area contributed by atoms with E-state index in [-0.39, 0.29) is 18.0 Å². The molecule has 0 spiro atoms. The van der Waals surface area contributed by atoms with Crippen molar-refractivity contribution in [2.45, 2.75) is 39.7 Å². The average molecular weight is 396 g/mol. The number of carbonyl (C=O) groups excluding carboxylic acids is 2. The van der Waals surface area contributed by atoms with Crippen LogP contribution in [0.15, 0.2) is 36.5 Å². The average Bonchev–Trinajstić information content (AvgIpc) is 2.72. The standard InChI is InChI=1S/C22H28N4O3/c1-4-29-22(28)26-11-9-18(10-12-26)25-21(27)17-6-8-20(23-14-17)24-19-7-5-15(2)16(3)13-19/h5-8,13-14,18H,4,9-12H2,1-3H3,(H,23,24)(H,25,27). The number of aryl methyl sites for hydroxylation is 2. The van der Waals surface area contributed by atoms with Crippen molar-refractivity contribution in [1.29, 1.82) is 0 Å². The molecule has 0 aliphatic carbocycles. The fraction of sp³-hybridized carbons (Fsp3) is 0.409. The van der Waals surface area contributed by atoms with Gasteiger partial charge in [-0.05, 0) is 69.0 Å². The Morgan fingerprint density at radius 1 is 1.14 bits per heavy atom. The topological polar surface area (TPSA) is 83.6 Å². The second kappa shape index (κ2) is 9.41. The van der Waals surface area contributed by atoms with Gasteiger partial charge >= 0.3 is 6.09 Å². The predicted molar refractivity (Wildman–Crippen MR) is 113 cm³/mol. The zero-order valence-corrected chi connectivity index (χ0v) is 17.2. The molecule has 1 aliphatic heterocycles. The molecule has 7 heteroatoms. The Morgan fingerprint density at radius 2 is 1.90 bits per heavy atom. The van der Waals surface area contributed by atoms with Crippen LogP contribution < -0.4 is 10.6 Å². The number of piperidine rings is 1. The number of likely N-dealkylation sites (tertiary alicyclic amines) is 1. The highest BCUT2D eigenvalue weighted by atomic mass is 16.6. The number of nitrogens with one attached hydrogen (secondary N) is 2. The number of amides is 2. The summed E-state index contributed by atoms with van der Waals surface area (Å²) < 4.78 is 5.02. The van der Waals surface area contributed by atoms with Gasteiger partial charge in [0, 0.05) is 31.0 Å². The Bertz CT molecular complexity index is 859. The molecular formula is C22H28N4O3. The van der Waals surface area contributed by atoms with Crippen molar-refractivity contribution in [2.75, 3.05) is 25.0 Å². The molecule has 1 aromatic heterocycles. The number of carbonyl (C=O) groups is 2. The van der Waals surface area contributed by atoms with Crippen molar-refractivity contribution < 1.29 is 14.3 Å². The third kappa shape index (κ3) is 5.47. The quantitative estimate of drug-likeness (QED) is 0.803. The zero-order valence-electron chi connectivity index (χ0n) is 17.2. The van der Waals surface area contributed by atoms with Crippen LogP contribution in [0.5, 0.6) is 0 Å². The van der Waals surface area contributed by atoms with Crippen LogP contribution >= 0.6 is 0 Å². The summed E-state index contributed by atoms with van der Waals surface area (Å²) >= 11 is 0. The van der Waals surface area contributed by atoms with Gasteiger partial charge in [0.15, 0.2) is 0 Å². The van der Waals surface area contributed by atoms with E-state index >= 15 is 0 Å². The van der Waals surface area contributed by atoms with Crippen molar-refractivity contribution in [1.82, 2.24) is 15.2 Å². The van der Waals surface area contributed by atoms with E-state index < -0.39 is 0 Å². The number of hydrogen-bond acceptors (Lipinski definition) is 5. The lowest BCUT2D eigenvalue weighted by atomic mass is 10.0. The molecule has 29 heavy (non-hydrogen) atoms. The number of nitrogens with zero attached hydrogens (tertiary/aromatic N) is 2. The second-order valence-corrected chi connectivity index (χ2v) is 7.29. The lowest BCUT2D eigenvalue weighted by Gasteiger charge is -2.31. The van der Waals surface area contributed by atoms with Crippen LogP contribution in [0.2, 0.25) is 0 Å². The summed E-state index contributed by atoms with van der Waals surface area (Å²) in [5.74, 6) is 0.539. The Morgan fingerprint density at radius 3 is 2.52 bits per heavy atom. The minimum Gasteiger partial charge on any atom is -0.450 e. The summed E-state index contributed by atoms with van der Waals surface area (Å²) in [5, 5.41) is 6.28. The maximum Gasteiger partial charge on any atom is 0.409 e. The molecule has 2 amide bonds. The van der Waals surface area contributed by atoms with Crippen molar-refractivity contribution >= 4 is 23.5 Å². The van der Waals surface area contributed by atoms with E-state index in [4.69, 9.17) is 4.74 Å². The molecule has 0 radical (unpaired) electrons. The SMILES string of the molecule is CCOC(=O)N1CCC(NC(=O)c2ccc(Nc3ccc(C)c(C)c3)nc2)CC1. The number of hydrogen-bond donors (Lipinski definition) is 2. The Kier molecular flexibility index (Phi) is 6.69. The normalized spacial score (nSPS) is 14.4. The van der Waals surface area contributed by atoms with Crippen LogP contribution in [0.1, 0.15) is 41.3 Å². The van der Waals surface area contributed by atoms with Crippen LogP contribution in [0.25, 0.3) is 0 Å². The van der Waals surface area contributed by atoms with Crippen LogP contribution in [0.4, 0.5) is 16.3 Å². The molecular weight excluding hydrogens is 368 g/mol. The summed E-state index contributed by atoms with van der Waals surface area (Å²) in [5.41, 5.74) is 3.93. The van der Waals surface area contributed by atoms with Crippen molar-refractivity contribution in [2.24, 2.45) is 0 Å². The molecule has 7 nitrogen and oxygen atoms in total. The van der Waals surface area contributed by atoms with Crippen molar-refractivity contribution in [3.63, 3.8) is 0 Å². The maximum atomic E-state index is 12.5. The summed E-state index contributed by atoms with van der Waals surface area (Å²) in [4.78, 5) is 30.3. The molecule has 0 unspecified atom stereocenters. The van der Waals surface area contributed by atoms with Gasteiger partial charge in [-0.1, -0.05) is 6.07 Å². The largest absolute Gasteiger partial charge is 0.450 e. The van der Waals surface area contributed by atoms with Crippen LogP contribution in [0, 0.1) is 13.8 Å². The molecule has 1 fully saturated rings. The second-order valence-electron chi connectivity index (χ2n) is 7.29. The summed E-state index contributed by atoms with van der Waals surface area (Å²) in [6, 6.07) is 9.74. The molecule has 2 heterocycles. The van der Waals surface area contributed by atoms with Gasteiger partial charge in [0.05, 0.1) is 12.2 Å². The molecule has 0 atom stereocenters. The number of benzene rings is 1.